The number of rotatable bonds is 10. The molecule has 1 saturated heterocycles. The predicted octanol–water partition coefficient (Wildman–Crippen LogP) is 4.36. The molecule has 9 heteroatoms. The molecule has 0 radical (unpaired) electrons. The fourth-order valence-corrected chi connectivity index (χ4v) is 5.10. The Balaban J connectivity index is 1.37. The lowest BCUT2D eigenvalue weighted by Gasteiger charge is -2.32. The number of anilines is 2. The number of nitrogens with one attached hydrogen (secondary N) is 3. The molecule has 2 aromatic heterocycles. The van der Waals surface area contributed by atoms with Crippen LogP contribution in [0.1, 0.15) is 45.4 Å². The van der Waals surface area contributed by atoms with Crippen molar-refractivity contribution in [3.63, 3.8) is 0 Å². The van der Waals surface area contributed by atoms with E-state index in [4.69, 9.17) is 9.47 Å². The molecule has 1 aliphatic heterocycles. The van der Waals surface area contributed by atoms with Gasteiger partial charge in [-0.3, -0.25) is 4.98 Å². The molecule has 4 rings (SSSR count). The van der Waals surface area contributed by atoms with Crippen molar-refractivity contribution in [3.8, 4) is 17.2 Å². The van der Waals surface area contributed by atoms with Gasteiger partial charge in [-0.2, -0.15) is 5.26 Å². The number of nitriles is 1. The van der Waals surface area contributed by atoms with Crippen LogP contribution in [0.2, 0.25) is 0 Å². The van der Waals surface area contributed by atoms with Crippen LogP contribution in [-0.2, 0) is 9.47 Å². The second-order valence-electron chi connectivity index (χ2n) is 10.1. The maximum absolute atomic E-state index is 14.8. The zero-order chi connectivity index (χ0) is 25.4. The molecule has 0 spiro atoms. The van der Waals surface area contributed by atoms with Crippen LogP contribution in [0.15, 0.2) is 30.7 Å². The molecule has 1 saturated carbocycles. The first-order valence-corrected chi connectivity index (χ1v) is 12.9. The standard InChI is InChI=1S/C27H37FN6O2/c1-19(16-35-2)33-21-3-5-22(6-4-21)34-26-12-24(25(28)15-31-26)20-11-23(14-30-13-20)32-18-27(17-29)7-9-36-10-8-27/h11-15,19,21-22,32-33H,3-10,16,18H2,1-2H3,(H,31,34)/t19-,21?,22?/m1/s1. The minimum absolute atomic E-state index is 0.305. The normalized spacial score (nSPS) is 22.4. The zero-order valence-electron chi connectivity index (χ0n) is 21.2. The van der Waals surface area contributed by atoms with Crippen LogP contribution in [0.4, 0.5) is 15.9 Å². The van der Waals surface area contributed by atoms with Crippen LogP contribution in [-0.4, -0.2) is 61.6 Å². The van der Waals surface area contributed by atoms with Crippen molar-refractivity contribution in [1.82, 2.24) is 15.3 Å². The van der Waals surface area contributed by atoms with E-state index in [-0.39, 0.29) is 0 Å². The van der Waals surface area contributed by atoms with Crippen LogP contribution in [0.3, 0.4) is 0 Å². The van der Waals surface area contributed by atoms with Gasteiger partial charge in [0.05, 0.1) is 30.0 Å². The van der Waals surface area contributed by atoms with Gasteiger partial charge in [0.25, 0.3) is 0 Å². The second kappa shape index (κ2) is 12.4. The number of nitrogens with zero attached hydrogens (tertiary/aromatic N) is 3. The zero-order valence-corrected chi connectivity index (χ0v) is 21.2. The molecule has 3 heterocycles. The van der Waals surface area contributed by atoms with E-state index in [1.807, 2.05) is 6.07 Å². The van der Waals surface area contributed by atoms with Gasteiger partial charge in [0, 0.05) is 68.5 Å². The lowest BCUT2D eigenvalue weighted by atomic mass is 9.81. The summed E-state index contributed by atoms with van der Waals surface area (Å²) in [5, 5.41) is 20.2. The van der Waals surface area contributed by atoms with E-state index in [1.54, 1.807) is 25.6 Å². The first-order valence-electron chi connectivity index (χ1n) is 12.9. The summed E-state index contributed by atoms with van der Waals surface area (Å²) in [6.07, 6.45) is 10.2. The Labute approximate surface area is 213 Å². The summed E-state index contributed by atoms with van der Waals surface area (Å²) in [7, 11) is 1.73. The Morgan fingerprint density at radius 1 is 1.17 bits per heavy atom. The maximum atomic E-state index is 14.8. The van der Waals surface area contributed by atoms with Gasteiger partial charge in [0.2, 0.25) is 0 Å². The lowest BCUT2D eigenvalue weighted by Crippen LogP contribution is -2.42. The van der Waals surface area contributed by atoms with E-state index in [0.29, 0.717) is 74.3 Å². The Kier molecular flexibility index (Phi) is 9.08. The monoisotopic (exact) mass is 496 g/mol. The van der Waals surface area contributed by atoms with E-state index in [0.717, 1.165) is 31.4 Å². The summed E-state index contributed by atoms with van der Waals surface area (Å²) < 4.78 is 25.4. The first kappa shape index (κ1) is 26.3. The highest BCUT2D eigenvalue weighted by atomic mass is 19.1. The smallest absolute Gasteiger partial charge is 0.149 e. The number of hydrogen-bond donors (Lipinski definition) is 3. The Morgan fingerprint density at radius 2 is 1.92 bits per heavy atom. The largest absolute Gasteiger partial charge is 0.383 e. The third-order valence-electron chi connectivity index (χ3n) is 7.24. The molecule has 0 bridgehead atoms. The van der Waals surface area contributed by atoms with Gasteiger partial charge < -0.3 is 25.4 Å². The molecular weight excluding hydrogens is 459 g/mol. The highest BCUT2D eigenvalue weighted by Gasteiger charge is 2.32. The number of pyridine rings is 2. The van der Waals surface area contributed by atoms with Crippen molar-refractivity contribution in [3.05, 3.63) is 36.5 Å². The number of ether oxygens (including phenoxy) is 2. The second-order valence-corrected chi connectivity index (χ2v) is 10.1. The van der Waals surface area contributed by atoms with Crippen molar-refractivity contribution in [2.45, 2.75) is 63.6 Å². The van der Waals surface area contributed by atoms with Crippen LogP contribution in [0, 0.1) is 22.6 Å². The van der Waals surface area contributed by atoms with Gasteiger partial charge in [-0.25, -0.2) is 9.37 Å². The highest BCUT2D eigenvalue weighted by molar-refractivity contribution is 5.69. The van der Waals surface area contributed by atoms with Gasteiger partial charge in [-0.15, -0.1) is 0 Å². The van der Waals surface area contributed by atoms with Gasteiger partial charge >= 0.3 is 0 Å². The molecule has 0 aromatic carbocycles. The quantitative estimate of drug-likeness (QED) is 0.446. The third kappa shape index (κ3) is 6.90. The fraction of sp³-hybridized carbons (Fsp3) is 0.593. The first-order chi connectivity index (χ1) is 17.5. The Bertz CT molecular complexity index is 1030. The molecule has 2 fully saturated rings. The number of aromatic nitrogens is 2. The van der Waals surface area contributed by atoms with E-state index >= 15 is 0 Å². The van der Waals surface area contributed by atoms with E-state index in [2.05, 4.69) is 38.9 Å². The Morgan fingerprint density at radius 3 is 2.64 bits per heavy atom. The van der Waals surface area contributed by atoms with Crippen molar-refractivity contribution in [2.75, 3.05) is 44.1 Å². The fourth-order valence-electron chi connectivity index (χ4n) is 5.10. The lowest BCUT2D eigenvalue weighted by molar-refractivity contribution is 0.0456. The highest BCUT2D eigenvalue weighted by Crippen LogP contribution is 2.31. The SMILES string of the molecule is COC[C@@H](C)NC1CCC(Nc2cc(-c3cncc(NCC4(C#N)CCOCC4)c3)c(F)cn2)CC1. The van der Waals surface area contributed by atoms with Gasteiger partial charge in [0.1, 0.15) is 11.6 Å². The molecule has 0 amide bonds. The van der Waals surface area contributed by atoms with Crippen molar-refractivity contribution >= 4 is 11.5 Å². The summed E-state index contributed by atoms with van der Waals surface area (Å²) in [5.41, 5.74) is 1.42. The predicted molar refractivity (Wildman–Crippen MR) is 138 cm³/mol. The molecule has 2 aliphatic rings. The van der Waals surface area contributed by atoms with Crippen LogP contribution < -0.4 is 16.0 Å². The third-order valence-corrected chi connectivity index (χ3v) is 7.24. The molecule has 8 nitrogen and oxygen atoms in total. The van der Waals surface area contributed by atoms with Gasteiger partial charge in [0.15, 0.2) is 0 Å². The molecule has 0 unspecified atom stereocenters. The molecule has 1 aliphatic carbocycles. The molecule has 2 aromatic rings. The van der Waals surface area contributed by atoms with Crippen LogP contribution in [0.5, 0.6) is 0 Å². The molecule has 3 N–H and O–H groups in total. The van der Waals surface area contributed by atoms with Crippen LogP contribution in [0.25, 0.3) is 11.1 Å². The molecule has 1 atom stereocenters. The minimum Gasteiger partial charge on any atom is -0.383 e. The number of halogens is 1. The summed E-state index contributed by atoms with van der Waals surface area (Å²) >= 11 is 0. The van der Waals surface area contributed by atoms with Gasteiger partial charge in [-0.1, -0.05) is 0 Å². The van der Waals surface area contributed by atoms with Gasteiger partial charge in [-0.05, 0) is 57.6 Å². The summed E-state index contributed by atoms with van der Waals surface area (Å²) in [6, 6.07) is 7.23. The van der Waals surface area contributed by atoms with E-state index < -0.39 is 11.2 Å². The van der Waals surface area contributed by atoms with E-state index in [1.165, 1.54) is 6.20 Å². The molecule has 36 heavy (non-hydrogen) atoms. The van der Waals surface area contributed by atoms with E-state index in [9.17, 15) is 9.65 Å². The summed E-state index contributed by atoms with van der Waals surface area (Å²) in [5.74, 6) is 0.275. The number of hydrogen-bond acceptors (Lipinski definition) is 8. The maximum Gasteiger partial charge on any atom is 0.149 e. The molecule has 194 valence electrons. The summed E-state index contributed by atoms with van der Waals surface area (Å²) in [6.45, 7) is 4.54. The topological polar surface area (TPSA) is 104 Å². The number of methoxy groups -OCH3 is 1. The average Bonchev–Trinajstić information content (AvgIpc) is 2.90. The minimum atomic E-state index is -0.455. The molecular formula is C27H37FN6O2. The van der Waals surface area contributed by atoms with Crippen molar-refractivity contribution < 1.29 is 13.9 Å². The van der Waals surface area contributed by atoms with Crippen LogP contribution >= 0.6 is 0 Å². The van der Waals surface area contributed by atoms with Crippen molar-refractivity contribution in [1.29, 1.82) is 5.26 Å². The van der Waals surface area contributed by atoms with Crippen molar-refractivity contribution in [2.24, 2.45) is 5.41 Å². The Hall–Kier alpha value is -2.80. The average molecular weight is 497 g/mol. The summed E-state index contributed by atoms with van der Waals surface area (Å²) in [4.78, 5) is 8.60.